The summed E-state index contributed by atoms with van der Waals surface area (Å²) in [5, 5.41) is 4.00. The molecule has 0 saturated heterocycles. The number of carbonyl (C=O) groups is 1. The molecule has 130 valence electrons. The van der Waals surface area contributed by atoms with Crippen molar-refractivity contribution in [2.45, 2.75) is 33.2 Å². The topological polar surface area (TPSA) is 54.5 Å². The lowest BCUT2D eigenvalue weighted by Gasteiger charge is -2.24. The van der Waals surface area contributed by atoms with Crippen molar-refractivity contribution in [3.05, 3.63) is 45.4 Å². The maximum absolute atomic E-state index is 12.3. The summed E-state index contributed by atoms with van der Waals surface area (Å²) in [7, 11) is 3.46. The van der Waals surface area contributed by atoms with Gasteiger partial charge in [0, 0.05) is 18.5 Å². The van der Waals surface area contributed by atoms with E-state index < -0.39 is 0 Å². The van der Waals surface area contributed by atoms with Crippen molar-refractivity contribution in [1.29, 1.82) is 0 Å². The number of amides is 2. The first kappa shape index (κ1) is 18.3. The van der Waals surface area contributed by atoms with E-state index in [9.17, 15) is 4.79 Å². The number of aromatic nitrogens is 1. The summed E-state index contributed by atoms with van der Waals surface area (Å²) < 4.78 is 5.14. The highest BCUT2D eigenvalue weighted by Crippen LogP contribution is 2.25. The molecular formula is C18H25N3O2S. The molecule has 1 atom stereocenters. The van der Waals surface area contributed by atoms with E-state index in [-0.39, 0.29) is 12.1 Å². The lowest BCUT2D eigenvalue weighted by Crippen LogP contribution is -2.39. The molecule has 1 aromatic heterocycles. The number of nitrogens with one attached hydrogen (secondary N) is 1. The van der Waals surface area contributed by atoms with E-state index in [4.69, 9.17) is 4.74 Å². The van der Waals surface area contributed by atoms with E-state index in [1.165, 1.54) is 0 Å². The van der Waals surface area contributed by atoms with Gasteiger partial charge in [0.25, 0.3) is 0 Å². The number of hydrogen-bond donors (Lipinski definition) is 1. The number of hydrogen-bond acceptors (Lipinski definition) is 4. The zero-order valence-electron chi connectivity index (χ0n) is 14.9. The van der Waals surface area contributed by atoms with E-state index in [2.05, 4.69) is 10.3 Å². The number of aryl methyl sites for hydroxylation is 2. The van der Waals surface area contributed by atoms with E-state index in [1.54, 1.807) is 23.3 Å². The molecule has 0 bridgehead atoms. The molecule has 6 heteroatoms. The second-order valence-electron chi connectivity index (χ2n) is 5.79. The van der Waals surface area contributed by atoms with Crippen molar-refractivity contribution >= 4 is 17.4 Å². The van der Waals surface area contributed by atoms with Crippen LogP contribution in [0.5, 0.6) is 5.75 Å². The number of thiazole rings is 1. The molecule has 2 aromatic rings. The van der Waals surface area contributed by atoms with Gasteiger partial charge in [-0.2, -0.15) is 0 Å². The van der Waals surface area contributed by atoms with Crippen LogP contribution in [0.1, 0.15) is 34.1 Å². The molecule has 1 heterocycles. The predicted octanol–water partition coefficient (Wildman–Crippen LogP) is 3.71. The number of carbonyl (C=O) groups excluding carboxylic acids is 1. The van der Waals surface area contributed by atoms with Crippen LogP contribution in [-0.2, 0) is 6.42 Å². The maximum Gasteiger partial charge on any atom is 0.317 e. The van der Waals surface area contributed by atoms with E-state index in [0.29, 0.717) is 6.54 Å². The Bertz CT molecular complexity index is 682. The highest BCUT2D eigenvalue weighted by Gasteiger charge is 2.21. The Morgan fingerprint density at radius 3 is 2.54 bits per heavy atom. The van der Waals surface area contributed by atoms with Crippen LogP contribution in [0.3, 0.4) is 0 Å². The van der Waals surface area contributed by atoms with Crippen molar-refractivity contribution in [3.63, 3.8) is 0 Å². The molecule has 1 N–H and O–H groups in total. The Hall–Kier alpha value is -2.08. The van der Waals surface area contributed by atoms with Gasteiger partial charge in [-0.3, -0.25) is 0 Å². The second kappa shape index (κ2) is 8.15. The highest BCUT2D eigenvalue weighted by molar-refractivity contribution is 7.11. The summed E-state index contributed by atoms with van der Waals surface area (Å²) in [6, 6.07) is 7.76. The highest BCUT2D eigenvalue weighted by atomic mass is 32.1. The van der Waals surface area contributed by atoms with Gasteiger partial charge in [-0.1, -0.05) is 12.1 Å². The fourth-order valence-electron chi connectivity index (χ4n) is 2.52. The normalized spacial score (nSPS) is 11.9. The average Bonchev–Trinajstić information content (AvgIpc) is 2.92. The molecule has 24 heavy (non-hydrogen) atoms. The fourth-order valence-corrected chi connectivity index (χ4v) is 3.43. The number of ether oxygens (including phenoxy) is 1. The monoisotopic (exact) mass is 347 g/mol. The number of rotatable bonds is 6. The lowest BCUT2D eigenvalue weighted by molar-refractivity contribution is 0.193. The average molecular weight is 347 g/mol. The molecule has 0 unspecified atom stereocenters. The molecule has 5 nitrogen and oxygen atoms in total. The second-order valence-corrected chi connectivity index (χ2v) is 7.20. The summed E-state index contributed by atoms with van der Waals surface area (Å²) >= 11 is 1.67. The minimum absolute atomic E-state index is 0.0454. The minimum atomic E-state index is -0.0823. The predicted molar refractivity (Wildman–Crippen MR) is 97.9 cm³/mol. The maximum atomic E-state index is 12.3. The first-order valence-corrected chi connectivity index (χ1v) is 8.81. The first-order valence-electron chi connectivity index (χ1n) is 8.00. The molecule has 2 rings (SSSR count). The smallest absolute Gasteiger partial charge is 0.317 e. The van der Waals surface area contributed by atoms with Crippen LogP contribution in [0, 0.1) is 13.8 Å². The van der Waals surface area contributed by atoms with Crippen molar-refractivity contribution < 1.29 is 9.53 Å². The van der Waals surface area contributed by atoms with Gasteiger partial charge >= 0.3 is 6.03 Å². The van der Waals surface area contributed by atoms with Crippen LogP contribution in [-0.4, -0.2) is 36.6 Å². The molecule has 0 aliphatic heterocycles. The van der Waals surface area contributed by atoms with Gasteiger partial charge in [0.2, 0.25) is 0 Å². The van der Waals surface area contributed by atoms with Crippen LogP contribution in [0.15, 0.2) is 24.3 Å². The molecular weight excluding hydrogens is 322 g/mol. The fraction of sp³-hybridized carbons (Fsp3) is 0.444. The zero-order valence-corrected chi connectivity index (χ0v) is 15.7. The molecule has 0 saturated carbocycles. The van der Waals surface area contributed by atoms with Crippen LogP contribution in [0.4, 0.5) is 4.79 Å². The summed E-state index contributed by atoms with van der Waals surface area (Å²) in [6.45, 7) is 6.64. The van der Waals surface area contributed by atoms with Crippen molar-refractivity contribution in [1.82, 2.24) is 15.2 Å². The summed E-state index contributed by atoms with van der Waals surface area (Å²) in [4.78, 5) is 19.7. The van der Waals surface area contributed by atoms with Gasteiger partial charge in [0.05, 0.1) is 23.9 Å². The van der Waals surface area contributed by atoms with Crippen molar-refractivity contribution in [2.75, 3.05) is 20.7 Å². The van der Waals surface area contributed by atoms with Gasteiger partial charge in [-0.05, 0) is 44.9 Å². The van der Waals surface area contributed by atoms with Gasteiger partial charge in [-0.15, -0.1) is 11.3 Å². The standard InChI is InChI=1S/C18H25N3O2S/c1-12(17-13(2)24-14(3)20-17)21(4)18(22)19-11-10-15-6-8-16(23-5)9-7-15/h6-9,12H,10-11H2,1-5H3,(H,19,22)/t12-/m0/s1. The van der Waals surface area contributed by atoms with Crippen molar-refractivity contribution in [2.24, 2.45) is 0 Å². The van der Waals surface area contributed by atoms with Crippen LogP contribution in [0.25, 0.3) is 0 Å². The Labute approximate surface area is 147 Å². The molecule has 1 aromatic carbocycles. The minimum Gasteiger partial charge on any atom is -0.497 e. The number of nitrogens with zero attached hydrogens (tertiary/aromatic N) is 2. The van der Waals surface area contributed by atoms with Gasteiger partial charge in [0.15, 0.2) is 0 Å². The summed E-state index contributed by atoms with van der Waals surface area (Å²) in [6.07, 6.45) is 0.785. The van der Waals surface area contributed by atoms with Crippen LogP contribution in [0.2, 0.25) is 0 Å². The largest absolute Gasteiger partial charge is 0.497 e. The van der Waals surface area contributed by atoms with E-state index in [0.717, 1.165) is 33.3 Å². The molecule has 0 aliphatic rings. The zero-order chi connectivity index (χ0) is 17.7. The summed E-state index contributed by atoms with van der Waals surface area (Å²) in [5.41, 5.74) is 2.14. The van der Waals surface area contributed by atoms with Crippen LogP contribution < -0.4 is 10.1 Å². The third-order valence-corrected chi connectivity index (χ3v) is 4.99. The Morgan fingerprint density at radius 1 is 1.33 bits per heavy atom. The first-order chi connectivity index (χ1) is 11.4. The quantitative estimate of drug-likeness (QED) is 0.866. The third kappa shape index (κ3) is 4.47. The van der Waals surface area contributed by atoms with Gasteiger partial charge in [-0.25, -0.2) is 9.78 Å². The Morgan fingerprint density at radius 2 is 2.00 bits per heavy atom. The number of urea groups is 1. The number of benzene rings is 1. The van der Waals surface area contributed by atoms with E-state index in [1.807, 2.05) is 52.1 Å². The Kier molecular flexibility index (Phi) is 6.20. The summed E-state index contributed by atoms with van der Waals surface area (Å²) in [5.74, 6) is 0.838. The molecule has 0 spiro atoms. The van der Waals surface area contributed by atoms with Gasteiger partial charge in [0.1, 0.15) is 5.75 Å². The van der Waals surface area contributed by atoms with Crippen LogP contribution >= 0.6 is 11.3 Å². The van der Waals surface area contributed by atoms with E-state index >= 15 is 0 Å². The molecule has 0 fully saturated rings. The third-order valence-electron chi connectivity index (χ3n) is 4.09. The van der Waals surface area contributed by atoms with Crippen molar-refractivity contribution in [3.8, 4) is 5.75 Å². The molecule has 0 aliphatic carbocycles. The number of methoxy groups -OCH3 is 1. The molecule has 2 amide bonds. The Balaban J connectivity index is 1.85. The van der Waals surface area contributed by atoms with Gasteiger partial charge < -0.3 is 15.0 Å². The SMILES string of the molecule is COc1ccc(CCNC(=O)N(C)[C@@H](C)c2nc(C)sc2C)cc1. The molecule has 0 radical (unpaired) electrons. The lowest BCUT2D eigenvalue weighted by atomic mass is 10.1.